The molecule has 3 rings (SSSR count). The smallest absolute Gasteiger partial charge is 0.298 e. The van der Waals surface area contributed by atoms with Gasteiger partial charge in [-0.3, -0.25) is 0 Å². The minimum absolute atomic E-state index is 0.0143. The molecule has 0 saturated heterocycles. The lowest BCUT2D eigenvalue weighted by Gasteiger charge is -2.44. The van der Waals surface area contributed by atoms with Crippen LogP contribution >= 0.6 is 0 Å². The van der Waals surface area contributed by atoms with Gasteiger partial charge in [0, 0.05) is 12.0 Å². The fourth-order valence-corrected chi connectivity index (χ4v) is 6.76. The topological polar surface area (TPSA) is 60.7 Å². The van der Waals surface area contributed by atoms with E-state index in [0.717, 1.165) is 51.4 Å². The first-order valence-electron chi connectivity index (χ1n) is 12.3. The number of fused-ring (bicyclic) bond motifs is 1. The fourth-order valence-electron chi connectivity index (χ4n) is 6.76. The van der Waals surface area contributed by atoms with Crippen LogP contribution in [0.3, 0.4) is 0 Å². The SMILES string of the molecule is C=C1/C(=C\C=C2/CCC[C@]3(C)[C@@H]([C@H](C)CCCC(C)(C)O)CC[C@@H]23)C(F)(F)[C@@H](O)C[C@@H]1O. The Kier molecular flexibility index (Phi) is 7.44. The third kappa shape index (κ3) is 5.05. The summed E-state index contributed by atoms with van der Waals surface area (Å²) < 4.78 is 29.2. The van der Waals surface area contributed by atoms with E-state index < -0.39 is 23.7 Å². The second-order valence-corrected chi connectivity index (χ2v) is 11.5. The molecule has 0 aromatic heterocycles. The standard InChI is InChI=1S/C27H42F2O3/c1-17(8-6-14-25(3,4)32)20-12-13-22-19(9-7-15-26(20,22)5)10-11-21-18(2)23(30)16-24(31)27(21,28)29/h10-11,17,20,22-24,30-32H,2,6-9,12-16H2,1,3-5H3/b19-10+,21-11+/t17-,20-,22+,23+,24+,26-/m1/s1. The van der Waals surface area contributed by atoms with Crippen molar-refractivity contribution in [3.8, 4) is 0 Å². The van der Waals surface area contributed by atoms with Crippen molar-refractivity contribution in [3.63, 3.8) is 0 Å². The van der Waals surface area contributed by atoms with Crippen molar-refractivity contribution in [2.75, 3.05) is 0 Å². The Labute approximate surface area is 192 Å². The van der Waals surface area contributed by atoms with Gasteiger partial charge in [-0.15, -0.1) is 0 Å². The number of aliphatic hydroxyl groups is 3. The molecule has 0 aliphatic heterocycles. The molecular formula is C27H42F2O3. The number of allylic oxidation sites excluding steroid dienone is 3. The molecule has 3 saturated carbocycles. The molecular weight excluding hydrogens is 410 g/mol. The molecule has 3 N–H and O–H groups in total. The molecule has 0 spiro atoms. The molecule has 0 aromatic carbocycles. The van der Waals surface area contributed by atoms with Gasteiger partial charge in [0.15, 0.2) is 0 Å². The van der Waals surface area contributed by atoms with Crippen molar-refractivity contribution >= 4 is 0 Å². The van der Waals surface area contributed by atoms with Crippen LogP contribution in [-0.4, -0.2) is 39.1 Å². The quantitative estimate of drug-likeness (QED) is 0.467. The van der Waals surface area contributed by atoms with Crippen LogP contribution in [0.15, 0.2) is 35.5 Å². The van der Waals surface area contributed by atoms with E-state index in [1.165, 1.54) is 11.6 Å². The number of hydrogen-bond acceptors (Lipinski definition) is 3. The minimum Gasteiger partial charge on any atom is -0.390 e. The van der Waals surface area contributed by atoms with Gasteiger partial charge in [-0.2, -0.15) is 8.78 Å². The van der Waals surface area contributed by atoms with Crippen LogP contribution in [0.2, 0.25) is 0 Å². The summed E-state index contributed by atoms with van der Waals surface area (Å²) in [6.07, 6.45) is 8.12. The average Bonchev–Trinajstić information content (AvgIpc) is 3.03. The first-order valence-corrected chi connectivity index (χ1v) is 12.3. The van der Waals surface area contributed by atoms with E-state index in [2.05, 4.69) is 20.4 Å². The number of rotatable bonds is 6. The first-order chi connectivity index (χ1) is 14.8. The van der Waals surface area contributed by atoms with E-state index in [4.69, 9.17) is 0 Å². The molecule has 3 aliphatic rings. The second-order valence-electron chi connectivity index (χ2n) is 11.5. The van der Waals surface area contributed by atoms with Gasteiger partial charge in [0.2, 0.25) is 0 Å². The summed E-state index contributed by atoms with van der Waals surface area (Å²) in [4.78, 5) is 0. The lowest BCUT2D eigenvalue weighted by Crippen LogP contribution is -2.44. The molecule has 3 fully saturated rings. The maximum absolute atomic E-state index is 14.6. The van der Waals surface area contributed by atoms with Crippen LogP contribution in [0.4, 0.5) is 8.78 Å². The van der Waals surface area contributed by atoms with Gasteiger partial charge < -0.3 is 15.3 Å². The molecule has 0 radical (unpaired) electrons. The van der Waals surface area contributed by atoms with Crippen LogP contribution in [0.5, 0.6) is 0 Å². The zero-order valence-corrected chi connectivity index (χ0v) is 20.2. The average molecular weight is 453 g/mol. The summed E-state index contributed by atoms with van der Waals surface area (Å²) in [6.45, 7) is 12.1. The summed E-state index contributed by atoms with van der Waals surface area (Å²) in [5.74, 6) is -1.84. The highest BCUT2D eigenvalue weighted by Gasteiger charge is 2.51. The van der Waals surface area contributed by atoms with Crippen molar-refractivity contribution in [2.24, 2.45) is 23.2 Å². The van der Waals surface area contributed by atoms with Crippen LogP contribution in [0.25, 0.3) is 0 Å². The molecule has 0 heterocycles. The van der Waals surface area contributed by atoms with Crippen LogP contribution in [-0.2, 0) is 0 Å². The second kappa shape index (κ2) is 9.31. The molecule has 0 unspecified atom stereocenters. The van der Waals surface area contributed by atoms with E-state index in [1.54, 1.807) is 0 Å². The van der Waals surface area contributed by atoms with Gasteiger partial charge in [0.05, 0.1) is 11.7 Å². The van der Waals surface area contributed by atoms with Gasteiger partial charge in [-0.1, -0.05) is 51.0 Å². The molecule has 5 heteroatoms. The molecule has 6 atom stereocenters. The predicted octanol–water partition coefficient (Wildman–Crippen LogP) is 5.95. The summed E-state index contributed by atoms with van der Waals surface area (Å²) in [6, 6.07) is 0. The van der Waals surface area contributed by atoms with Crippen molar-refractivity contribution in [2.45, 2.75) is 109 Å². The highest BCUT2D eigenvalue weighted by molar-refractivity contribution is 5.44. The van der Waals surface area contributed by atoms with Crippen molar-refractivity contribution in [1.82, 2.24) is 0 Å². The Morgan fingerprint density at radius 1 is 1.22 bits per heavy atom. The number of halogens is 2. The molecule has 0 bridgehead atoms. The van der Waals surface area contributed by atoms with Gasteiger partial charge >= 0.3 is 0 Å². The molecule has 3 nitrogen and oxygen atoms in total. The predicted molar refractivity (Wildman–Crippen MR) is 124 cm³/mol. The maximum atomic E-state index is 14.6. The van der Waals surface area contributed by atoms with E-state index in [0.29, 0.717) is 17.8 Å². The Balaban J connectivity index is 1.77. The molecule has 0 amide bonds. The summed E-state index contributed by atoms with van der Waals surface area (Å²) in [5, 5.41) is 29.9. The Hall–Kier alpha value is -1.04. The zero-order chi connectivity index (χ0) is 23.9. The van der Waals surface area contributed by atoms with E-state index >= 15 is 0 Å². The molecule has 0 aromatic rings. The monoisotopic (exact) mass is 452 g/mol. The third-order valence-corrected chi connectivity index (χ3v) is 8.61. The van der Waals surface area contributed by atoms with Crippen molar-refractivity contribution < 1.29 is 24.1 Å². The van der Waals surface area contributed by atoms with Crippen molar-refractivity contribution in [3.05, 3.63) is 35.5 Å². The number of hydrogen-bond donors (Lipinski definition) is 3. The third-order valence-electron chi connectivity index (χ3n) is 8.61. The van der Waals surface area contributed by atoms with Crippen LogP contribution in [0, 0.1) is 23.2 Å². The summed E-state index contributed by atoms with van der Waals surface area (Å²) in [7, 11) is 0. The van der Waals surface area contributed by atoms with Gasteiger partial charge in [0.1, 0.15) is 6.10 Å². The highest BCUT2D eigenvalue weighted by Crippen LogP contribution is 2.60. The lowest BCUT2D eigenvalue weighted by atomic mass is 9.60. The summed E-state index contributed by atoms with van der Waals surface area (Å²) in [5.41, 5.74) is 0.443. The minimum atomic E-state index is -3.39. The summed E-state index contributed by atoms with van der Waals surface area (Å²) >= 11 is 0. The lowest BCUT2D eigenvalue weighted by molar-refractivity contribution is -0.103. The number of alkyl halides is 2. The van der Waals surface area contributed by atoms with Crippen molar-refractivity contribution in [1.29, 1.82) is 0 Å². The van der Waals surface area contributed by atoms with Crippen LogP contribution in [0.1, 0.15) is 85.5 Å². The fraction of sp³-hybridized carbons (Fsp3) is 0.778. The van der Waals surface area contributed by atoms with Gasteiger partial charge in [0.25, 0.3) is 5.92 Å². The van der Waals surface area contributed by atoms with E-state index in [9.17, 15) is 24.1 Å². The van der Waals surface area contributed by atoms with Crippen LogP contribution < -0.4 is 0 Å². The normalized spacial score (nSPS) is 38.8. The maximum Gasteiger partial charge on any atom is 0.298 e. The van der Waals surface area contributed by atoms with Gasteiger partial charge in [-0.05, 0) is 81.1 Å². The molecule has 182 valence electrons. The van der Waals surface area contributed by atoms with E-state index in [1.807, 2.05) is 19.9 Å². The van der Waals surface area contributed by atoms with E-state index in [-0.39, 0.29) is 23.0 Å². The zero-order valence-electron chi connectivity index (χ0n) is 20.2. The Morgan fingerprint density at radius 2 is 1.91 bits per heavy atom. The molecule has 3 aliphatic carbocycles. The largest absolute Gasteiger partial charge is 0.390 e. The van der Waals surface area contributed by atoms with Gasteiger partial charge in [-0.25, -0.2) is 0 Å². The highest BCUT2D eigenvalue weighted by atomic mass is 19.3. The Bertz CT molecular complexity index is 763. The first kappa shape index (κ1) is 25.6. The molecule has 32 heavy (non-hydrogen) atoms. The Morgan fingerprint density at radius 3 is 2.56 bits per heavy atom. The number of aliphatic hydroxyl groups excluding tert-OH is 2.